The monoisotopic (exact) mass is 140 g/mol. The molecule has 2 fully saturated rings. The Hall–Kier alpha value is -0.0800. The van der Waals surface area contributed by atoms with Crippen LogP contribution in [0.15, 0.2) is 0 Å². The van der Waals surface area contributed by atoms with Gasteiger partial charge < -0.3 is 10.6 Å². The second kappa shape index (κ2) is 2.89. The summed E-state index contributed by atoms with van der Waals surface area (Å²) in [6.07, 6.45) is 4.39. The maximum absolute atomic E-state index is 3.53. The van der Waals surface area contributed by atoms with Crippen molar-refractivity contribution in [3.05, 3.63) is 0 Å². The average molecular weight is 140 g/mol. The van der Waals surface area contributed by atoms with Crippen molar-refractivity contribution in [2.45, 2.75) is 25.3 Å². The molecule has 2 heteroatoms. The minimum Gasteiger partial charge on any atom is -0.314 e. The van der Waals surface area contributed by atoms with Crippen molar-refractivity contribution >= 4 is 0 Å². The maximum atomic E-state index is 3.53. The lowest BCUT2D eigenvalue weighted by atomic mass is 10.2. The van der Waals surface area contributed by atoms with Gasteiger partial charge in [-0.2, -0.15) is 0 Å². The molecule has 2 aliphatic rings. The number of hydrogen-bond donors (Lipinski definition) is 2. The van der Waals surface area contributed by atoms with E-state index < -0.39 is 0 Å². The van der Waals surface area contributed by atoms with Crippen LogP contribution in [0, 0.1) is 5.92 Å². The molecule has 0 atom stereocenters. The summed E-state index contributed by atoms with van der Waals surface area (Å²) in [5, 5.41) is 6.78. The van der Waals surface area contributed by atoms with Crippen LogP contribution in [0.25, 0.3) is 0 Å². The smallest absolute Gasteiger partial charge is 0.0317 e. The van der Waals surface area contributed by atoms with Crippen molar-refractivity contribution in [3.63, 3.8) is 0 Å². The molecule has 10 heavy (non-hydrogen) atoms. The molecule has 0 bridgehead atoms. The molecule has 0 radical (unpaired) electrons. The van der Waals surface area contributed by atoms with Crippen LogP contribution in [0.3, 0.4) is 0 Å². The van der Waals surface area contributed by atoms with Gasteiger partial charge in [-0.25, -0.2) is 0 Å². The molecule has 1 heterocycles. The second-order valence-electron chi connectivity index (χ2n) is 3.54. The van der Waals surface area contributed by atoms with Crippen molar-refractivity contribution in [1.29, 1.82) is 0 Å². The molecule has 0 aromatic heterocycles. The lowest BCUT2D eigenvalue weighted by molar-refractivity contribution is 0.362. The second-order valence-corrected chi connectivity index (χ2v) is 3.54. The highest BCUT2D eigenvalue weighted by Crippen LogP contribution is 2.31. The Kier molecular flexibility index (Phi) is 1.91. The highest BCUT2D eigenvalue weighted by Gasteiger charge is 2.21. The largest absolute Gasteiger partial charge is 0.314 e. The summed E-state index contributed by atoms with van der Waals surface area (Å²) >= 11 is 0. The Morgan fingerprint density at radius 3 is 2.60 bits per heavy atom. The fourth-order valence-electron chi connectivity index (χ4n) is 1.33. The van der Waals surface area contributed by atoms with Gasteiger partial charge >= 0.3 is 0 Å². The normalized spacial score (nSPS) is 26.4. The molecule has 1 saturated carbocycles. The molecule has 2 nitrogen and oxygen atoms in total. The molecular formula is C8H16N2. The maximum Gasteiger partial charge on any atom is 0.0317 e. The third-order valence-corrected chi connectivity index (χ3v) is 2.46. The first-order valence-electron chi connectivity index (χ1n) is 4.39. The molecule has 0 amide bonds. The molecule has 0 aromatic carbocycles. The first-order valence-corrected chi connectivity index (χ1v) is 4.39. The molecule has 2 N–H and O–H groups in total. The fraction of sp³-hybridized carbons (Fsp3) is 1.00. The fourth-order valence-corrected chi connectivity index (χ4v) is 1.33. The third kappa shape index (κ3) is 1.70. The summed E-state index contributed by atoms with van der Waals surface area (Å²) in [6.45, 7) is 3.62. The number of hydrogen-bond acceptors (Lipinski definition) is 2. The first-order chi connectivity index (χ1) is 4.95. The first kappa shape index (κ1) is 6.62. The Morgan fingerprint density at radius 2 is 2.10 bits per heavy atom. The van der Waals surface area contributed by atoms with Crippen molar-refractivity contribution in [2.75, 3.05) is 19.6 Å². The Labute approximate surface area is 62.4 Å². The van der Waals surface area contributed by atoms with Gasteiger partial charge in [-0.05, 0) is 18.9 Å². The lowest BCUT2D eigenvalue weighted by Gasteiger charge is -2.28. The van der Waals surface area contributed by atoms with Crippen molar-refractivity contribution in [2.24, 2.45) is 5.92 Å². The van der Waals surface area contributed by atoms with Crippen LogP contribution in [-0.2, 0) is 0 Å². The van der Waals surface area contributed by atoms with E-state index in [0.717, 1.165) is 12.0 Å². The minimum absolute atomic E-state index is 0.791. The van der Waals surface area contributed by atoms with Crippen molar-refractivity contribution < 1.29 is 0 Å². The molecule has 1 saturated heterocycles. The van der Waals surface area contributed by atoms with Gasteiger partial charge in [0.15, 0.2) is 0 Å². The lowest BCUT2D eigenvalue weighted by Crippen LogP contribution is -2.55. The van der Waals surface area contributed by atoms with Crippen LogP contribution < -0.4 is 10.6 Å². The van der Waals surface area contributed by atoms with Crippen molar-refractivity contribution in [3.8, 4) is 0 Å². The molecule has 0 unspecified atom stereocenters. The molecule has 1 aliphatic carbocycles. The van der Waals surface area contributed by atoms with E-state index in [2.05, 4.69) is 10.6 Å². The minimum atomic E-state index is 0.791. The predicted octanol–water partition coefficient (Wildman–Crippen LogP) is 0.348. The van der Waals surface area contributed by atoms with E-state index in [9.17, 15) is 0 Å². The zero-order chi connectivity index (χ0) is 6.81. The molecule has 0 aromatic rings. The zero-order valence-corrected chi connectivity index (χ0v) is 6.40. The third-order valence-electron chi connectivity index (χ3n) is 2.46. The van der Waals surface area contributed by atoms with Crippen LogP contribution in [0.4, 0.5) is 0 Å². The summed E-state index contributed by atoms with van der Waals surface area (Å²) in [6, 6.07) is 0.791. The van der Waals surface area contributed by atoms with Gasteiger partial charge in [0.2, 0.25) is 0 Å². The number of rotatable bonds is 4. The van der Waals surface area contributed by atoms with Crippen molar-refractivity contribution in [1.82, 2.24) is 10.6 Å². The summed E-state index contributed by atoms with van der Waals surface area (Å²) in [7, 11) is 0. The predicted molar refractivity (Wildman–Crippen MR) is 42.0 cm³/mol. The zero-order valence-electron chi connectivity index (χ0n) is 6.40. The van der Waals surface area contributed by atoms with Crippen LogP contribution >= 0.6 is 0 Å². The van der Waals surface area contributed by atoms with Gasteiger partial charge in [-0.15, -0.1) is 0 Å². The molecule has 1 aliphatic heterocycles. The van der Waals surface area contributed by atoms with Crippen LogP contribution in [-0.4, -0.2) is 25.7 Å². The summed E-state index contributed by atoms with van der Waals surface area (Å²) in [4.78, 5) is 0. The van der Waals surface area contributed by atoms with Gasteiger partial charge in [-0.1, -0.05) is 12.8 Å². The SMILES string of the molecule is C(CC1CC1)NC1CNC1. The molecule has 58 valence electrons. The van der Waals surface area contributed by atoms with E-state index in [1.165, 1.54) is 38.9 Å². The van der Waals surface area contributed by atoms with Gasteiger partial charge in [0.1, 0.15) is 0 Å². The van der Waals surface area contributed by atoms with Crippen LogP contribution in [0.5, 0.6) is 0 Å². The van der Waals surface area contributed by atoms with E-state index in [4.69, 9.17) is 0 Å². The topological polar surface area (TPSA) is 24.1 Å². The average Bonchev–Trinajstić information content (AvgIpc) is 2.58. The van der Waals surface area contributed by atoms with E-state index in [0.29, 0.717) is 0 Å². The standard InChI is InChI=1S/C8H16N2/c1-2-7(1)3-4-10-8-5-9-6-8/h7-10H,1-6H2. The van der Waals surface area contributed by atoms with Gasteiger partial charge in [0, 0.05) is 19.1 Å². The Bertz CT molecular complexity index is 106. The summed E-state index contributed by atoms with van der Waals surface area (Å²) in [5.41, 5.74) is 0. The van der Waals surface area contributed by atoms with Gasteiger partial charge in [0.25, 0.3) is 0 Å². The summed E-state index contributed by atoms with van der Waals surface area (Å²) < 4.78 is 0. The highest BCUT2D eigenvalue weighted by atomic mass is 15.1. The van der Waals surface area contributed by atoms with E-state index >= 15 is 0 Å². The van der Waals surface area contributed by atoms with Crippen LogP contribution in [0.1, 0.15) is 19.3 Å². The van der Waals surface area contributed by atoms with E-state index in [1.54, 1.807) is 0 Å². The van der Waals surface area contributed by atoms with Gasteiger partial charge in [-0.3, -0.25) is 0 Å². The van der Waals surface area contributed by atoms with Crippen LogP contribution in [0.2, 0.25) is 0 Å². The number of nitrogens with one attached hydrogen (secondary N) is 2. The van der Waals surface area contributed by atoms with E-state index in [1.807, 2.05) is 0 Å². The summed E-state index contributed by atoms with van der Waals surface area (Å²) in [5.74, 6) is 1.08. The highest BCUT2D eigenvalue weighted by molar-refractivity contribution is 4.82. The quantitative estimate of drug-likeness (QED) is 0.588. The molecule has 2 rings (SSSR count). The Morgan fingerprint density at radius 1 is 1.30 bits per heavy atom. The molecular weight excluding hydrogens is 124 g/mol. The van der Waals surface area contributed by atoms with E-state index in [-0.39, 0.29) is 0 Å². The Balaban J connectivity index is 1.46. The molecule has 0 spiro atoms. The van der Waals surface area contributed by atoms with Gasteiger partial charge in [0.05, 0.1) is 0 Å².